The summed E-state index contributed by atoms with van der Waals surface area (Å²) in [7, 11) is 0. The molecule has 3 atom stereocenters. The van der Waals surface area contributed by atoms with Gasteiger partial charge in [0.15, 0.2) is 0 Å². The van der Waals surface area contributed by atoms with Crippen molar-refractivity contribution < 1.29 is 25.2 Å². The number of aliphatic hydroxyl groups is 3. The molecule has 0 bridgehead atoms. The first-order valence-corrected chi connectivity index (χ1v) is 9.21. The Morgan fingerprint density at radius 1 is 0.852 bits per heavy atom. The lowest BCUT2D eigenvalue weighted by Crippen LogP contribution is -2.24. The quantitative estimate of drug-likeness (QED) is 0.275. The van der Waals surface area contributed by atoms with E-state index in [-0.39, 0.29) is 12.8 Å². The van der Waals surface area contributed by atoms with Gasteiger partial charge in [-0.2, -0.15) is 0 Å². The van der Waals surface area contributed by atoms with Crippen molar-refractivity contribution in [3.05, 3.63) is 72.9 Å². The molecule has 5 heteroatoms. The third kappa shape index (κ3) is 17.0. The molecule has 0 spiro atoms. The number of aliphatic hydroxyl groups excluding tert-OH is 3. The van der Waals surface area contributed by atoms with Gasteiger partial charge < -0.3 is 20.4 Å². The van der Waals surface area contributed by atoms with Crippen LogP contribution in [-0.2, 0) is 4.79 Å². The molecule has 4 N–H and O–H groups in total. The van der Waals surface area contributed by atoms with E-state index < -0.39 is 24.3 Å². The molecular formula is C22H32O5. The van der Waals surface area contributed by atoms with E-state index in [1.165, 1.54) is 6.08 Å². The zero-order valence-electron chi connectivity index (χ0n) is 15.9. The van der Waals surface area contributed by atoms with Gasteiger partial charge in [0.1, 0.15) is 0 Å². The number of allylic oxidation sites excluding steroid dienone is 9. The maximum absolute atomic E-state index is 10.4. The second kappa shape index (κ2) is 17.2. The summed E-state index contributed by atoms with van der Waals surface area (Å²) in [6.07, 6.45) is 21.3. The number of carbonyl (C=O) groups is 1. The first kappa shape index (κ1) is 24.8. The van der Waals surface area contributed by atoms with E-state index in [9.17, 15) is 20.1 Å². The summed E-state index contributed by atoms with van der Waals surface area (Å²) >= 11 is 0. The lowest BCUT2D eigenvalue weighted by atomic mass is 10.1. The molecule has 0 aliphatic rings. The summed E-state index contributed by atoms with van der Waals surface area (Å²) in [6.45, 7) is 2.05. The van der Waals surface area contributed by atoms with Crippen LogP contribution < -0.4 is 0 Å². The van der Waals surface area contributed by atoms with Crippen LogP contribution in [0.2, 0.25) is 0 Å². The molecule has 3 unspecified atom stereocenters. The minimum Gasteiger partial charge on any atom is -0.481 e. The van der Waals surface area contributed by atoms with Gasteiger partial charge in [0.2, 0.25) is 0 Å². The molecule has 150 valence electrons. The molecule has 0 saturated heterocycles. The fourth-order valence-electron chi connectivity index (χ4n) is 1.94. The number of carboxylic acid groups (broad SMARTS) is 1. The zero-order valence-corrected chi connectivity index (χ0v) is 15.9. The van der Waals surface area contributed by atoms with Gasteiger partial charge in [-0.15, -0.1) is 0 Å². The first-order valence-electron chi connectivity index (χ1n) is 9.21. The molecule has 0 rings (SSSR count). The smallest absolute Gasteiger partial charge is 0.303 e. The van der Waals surface area contributed by atoms with E-state index in [4.69, 9.17) is 5.11 Å². The van der Waals surface area contributed by atoms with Crippen molar-refractivity contribution in [3.63, 3.8) is 0 Å². The van der Waals surface area contributed by atoms with Crippen LogP contribution in [0.3, 0.4) is 0 Å². The number of rotatable bonds is 14. The Labute approximate surface area is 162 Å². The van der Waals surface area contributed by atoms with Gasteiger partial charge in [0, 0.05) is 6.42 Å². The van der Waals surface area contributed by atoms with Crippen LogP contribution in [0.4, 0.5) is 0 Å². The number of carboxylic acids is 1. The molecule has 0 radical (unpaired) electrons. The van der Waals surface area contributed by atoms with Crippen LogP contribution in [-0.4, -0.2) is 44.7 Å². The maximum atomic E-state index is 10.4. The first-order chi connectivity index (χ1) is 13.0. The average Bonchev–Trinajstić information content (AvgIpc) is 2.64. The van der Waals surface area contributed by atoms with Crippen molar-refractivity contribution in [2.24, 2.45) is 0 Å². The molecule has 27 heavy (non-hydrogen) atoms. The summed E-state index contributed by atoms with van der Waals surface area (Å²) in [5.41, 5.74) is 0. The van der Waals surface area contributed by atoms with Gasteiger partial charge in [-0.3, -0.25) is 4.79 Å². The van der Waals surface area contributed by atoms with E-state index in [1.807, 2.05) is 42.5 Å². The number of hydrogen-bond acceptors (Lipinski definition) is 4. The summed E-state index contributed by atoms with van der Waals surface area (Å²) in [5, 5.41) is 37.4. The zero-order chi connectivity index (χ0) is 20.3. The van der Waals surface area contributed by atoms with E-state index in [0.29, 0.717) is 6.42 Å². The summed E-state index contributed by atoms with van der Waals surface area (Å²) in [6, 6.07) is 0. The third-order valence-corrected chi connectivity index (χ3v) is 3.46. The van der Waals surface area contributed by atoms with Crippen molar-refractivity contribution in [3.8, 4) is 0 Å². The molecule has 0 amide bonds. The van der Waals surface area contributed by atoms with Crippen molar-refractivity contribution in [1.82, 2.24) is 0 Å². The van der Waals surface area contributed by atoms with E-state index in [1.54, 1.807) is 24.3 Å². The van der Waals surface area contributed by atoms with Crippen LogP contribution in [0.15, 0.2) is 72.9 Å². The molecule has 5 nitrogen and oxygen atoms in total. The molecule has 0 aliphatic heterocycles. The lowest BCUT2D eigenvalue weighted by Gasteiger charge is -2.12. The van der Waals surface area contributed by atoms with Crippen LogP contribution in [0.25, 0.3) is 0 Å². The molecule has 0 aliphatic carbocycles. The van der Waals surface area contributed by atoms with Crippen molar-refractivity contribution in [1.29, 1.82) is 0 Å². The molecule has 0 aromatic rings. The fourth-order valence-corrected chi connectivity index (χ4v) is 1.94. The molecule has 0 aromatic carbocycles. The van der Waals surface area contributed by atoms with E-state index >= 15 is 0 Å². The predicted molar refractivity (Wildman–Crippen MR) is 109 cm³/mol. The van der Waals surface area contributed by atoms with Gasteiger partial charge in [-0.1, -0.05) is 79.8 Å². The Morgan fingerprint density at radius 3 is 2.15 bits per heavy atom. The van der Waals surface area contributed by atoms with Crippen LogP contribution in [0, 0.1) is 0 Å². The largest absolute Gasteiger partial charge is 0.481 e. The van der Waals surface area contributed by atoms with Crippen LogP contribution >= 0.6 is 0 Å². The van der Waals surface area contributed by atoms with Crippen molar-refractivity contribution in [2.75, 3.05) is 0 Å². The maximum Gasteiger partial charge on any atom is 0.303 e. The lowest BCUT2D eigenvalue weighted by molar-refractivity contribution is -0.137. The normalized spacial score (nSPS) is 16.6. The Kier molecular flexibility index (Phi) is 15.8. The SMILES string of the molecule is CC/C=C\CC(O)/C=C/C=C\C\C=C/C=C/C=C/C(O)C(O)CCC(=O)O. The highest BCUT2D eigenvalue weighted by Crippen LogP contribution is 2.04. The highest BCUT2D eigenvalue weighted by Gasteiger charge is 2.13. The molecular weight excluding hydrogens is 344 g/mol. The summed E-state index contributed by atoms with van der Waals surface area (Å²) < 4.78 is 0. The predicted octanol–water partition coefficient (Wildman–Crippen LogP) is 3.46. The van der Waals surface area contributed by atoms with Gasteiger partial charge in [-0.05, 0) is 25.7 Å². The second-order valence-corrected chi connectivity index (χ2v) is 5.92. The summed E-state index contributed by atoms with van der Waals surface area (Å²) in [4.78, 5) is 10.4. The topological polar surface area (TPSA) is 98.0 Å². The Balaban J connectivity index is 3.98. The molecule has 0 heterocycles. The van der Waals surface area contributed by atoms with Crippen LogP contribution in [0.1, 0.15) is 39.0 Å². The highest BCUT2D eigenvalue weighted by atomic mass is 16.4. The molecule has 0 fully saturated rings. The minimum atomic E-state index is -1.08. The van der Waals surface area contributed by atoms with Gasteiger partial charge in [0.05, 0.1) is 18.3 Å². The highest BCUT2D eigenvalue weighted by molar-refractivity contribution is 5.66. The third-order valence-electron chi connectivity index (χ3n) is 3.46. The number of aliphatic carboxylic acids is 1. The van der Waals surface area contributed by atoms with E-state index in [0.717, 1.165) is 12.8 Å². The Bertz CT molecular complexity index is 555. The van der Waals surface area contributed by atoms with Gasteiger partial charge in [0.25, 0.3) is 0 Å². The molecule has 0 saturated carbocycles. The fraction of sp³-hybridized carbons (Fsp3) is 0.409. The van der Waals surface area contributed by atoms with Crippen molar-refractivity contribution in [2.45, 2.75) is 57.3 Å². The van der Waals surface area contributed by atoms with Crippen LogP contribution in [0.5, 0.6) is 0 Å². The van der Waals surface area contributed by atoms with E-state index in [2.05, 4.69) is 6.92 Å². The monoisotopic (exact) mass is 376 g/mol. The average molecular weight is 376 g/mol. The van der Waals surface area contributed by atoms with Crippen molar-refractivity contribution >= 4 is 5.97 Å². The number of hydrogen-bond donors (Lipinski definition) is 4. The second-order valence-electron chi connectivity index (χ2n) is 5.92. The Hall–Kier alpha value is -2.21. The van der Waals surface area contributed by atoms with Gasteiger partial charge >= 0.3 is 5.97 Å². The van der Waals surface area contributed by atoms with Gasteiger partial charge in [-0.25, -0.2) is 0 Å². The summed E-state index contributed by atoms with van der Waals surface area (Å²) in [5.74, 6) is -1.000. The molecule has 0 aromatic heterocycles. The Morgan fingerprint density at radius 2 is 1.48 bits per heavy atom. The standard InChI is InChI=1S/C22H32O5/c1-2-3-11-14-19(23)15-12-9-7-5-4-6-8-10-13-16-20(24)21(25)17-18-22(26)27/h3-4,6-13,15-16,19-21,23-25H,2,5,14,17-18H2,1H3,(H,26,27)/b6-4-,9-7-,10-8+,11-3-,15-12+,16-13+. The minimum absolute atomic E-state index is 0.0116.